The van der Waals surface area contributed by atoms with Gasteiger partial charge in [0.1, 0.15) is 11.6 Å². The Bertz CT molecular complexity index is 1310. The molecule has 5 rings (SSSR count). The van der Waals surface area contributed by atoms with Gasteiger partial charge in [0, 0.05) is 29.6 Å². The lowest BCUT2D eigenvalue weighted by atomic mass is 9.90. The molecule has 6 nitrogen and oxygen atoms in total. The monoisotopic (exact) mass is 485 g/mol. The third-order valence-electron chi connectivity index (χ3n) is 6.69. The van der Waals surface area contributed by atoms with Gasteiger partial charge in [-0.05, 0) is 73.5 Å². The molecule has 184 valence electrons. The average Bonchev–Trinajstić information content (AvgIpc) is 2.90. The first-order chi connectivity index (χ1) is 17.5. The van der Waals surface area contributed by atoms with Gasteiger partial charge in [-0.2, -0.15) is 0 Å². The number of methoxy groups -OCH3 is 1. The summed E-state index contributed by atoms with van der Waals surface area (Å²) in [5.41, 5.74) is 4.60. The van der Waals surface area contributed by atoms with Crippen molar-refractivity contribution in [2.75, 3.05) is 25.5 Å². The van der Waals surface area contributed by atoms with Gasteiger partial charge in [-0.25, -0.2) is 4.39 Å². The Morgan fingerprint density at radius 3 is 2.33 bits per heavy atom. The van der Waals surface area contributed by atoms with Crippen LogP contribution in [0.3, 0.4) is 0 Å². The number of hydrogen-bond acceptors (Lipinski definition) is 5. The Morgan fingerprint density at radius 1 is 0.917 bits per heavy atom. The van der Waals surface area contributed by atoms with Gasteiger partial charge in [0.2, 0.25) is 0 Å². The number of hydrogen-bond donors (Lipinski definition) is 2. The SMILES string of the molecule is COc1cc2c(cc1-c1ccc(F)cc1)C(=CNc1ccc(CN3CCCCC3)cc1)C(=O)NC2=O. The van der Waals surface area contributed by atoms with Gasteiger partial charge < -0.3 is 10.1 Å². The molecule has 1 fully saturated rings. The topological polar surface area (TPSA) is 70.7 Å². The van der Waals surface area contributed by atoms with Gasteiger partial charge in [-0.15, -0.1) is 0 Å². The smallest absolute Gasteiger partial charge is 0.260 e. The molecule has 0 saturated carbocycles. The van der Waals surface area contributed by atoms with Crippen LogP contribution in [0.1, 0.15) is 40.7 Å². The number of nitrogens with one attached hydrogen (secondary N) is 2. The molecule has 3 aromatic carbocycles. The number of carbonyl (C=O) groups is 2. The van der Waals surface area contributed by atoms with Gasteiger partial charge in [0.25, 0.3) is 11.8 Å². The second-order valence-electron chi connectivity index (χ2n) is 9.12. The van der Waals surface area contributed by atoms with E-state index in [1.807, 2.05) is 12.1 Å². The number of rotatable bonds is 6. The molecule has 0 unspecified atom stereocenters. The van der Waals surface area contributed by atoms with Gasteiger partial charge in [0.05, 0.1) is 18.2 Å². The predicted molar refractivity (Wildman–Crippen MR) is 138 cm³/mol. The summed E-state index contributed by atoms with van der Waals surface area (Å²) < 4.78 is 19.0. The highest BCUT2D eigenvalue weighted by molar-refractivity contribution is 6.31. The van der Waals surface area contributed by atoms with Crippen molar-refractivity contribution in [3.8, 4) is 16.9 Å². The van der Waals surface area contributed by atoms with E-state index >= 15 is 0 Å². The zero-order valence-corrected chi connectivity index (χ0v) is 20.1. The van der Waals surface area contributed by atoms with Crippen LogP contribution in [0.2, 0.25) is 0 Å². The van der Waals surface area contributed by atoms with Crippen molar-refractivity contribution in [1.82, 2.24) is 10.2 Å². The van der Waals surface area contributed by atoms with Crippen LogP contribution in [-0.2, 0) is 11.3 Å². The summed E-state index contributed by atoms with van der Waals surface area (Å²) in [6.45, 7) is 3.22. The molecule has 0 spiro atoms. The molecule has 1 saturated heterocycles. The zero-order chi connectivity index (χ0) is 25.1. The number of likely N-dealkylation sites (tertiary alicyclic amines) is 1. The zero-order valence-electron chi connectivity index (χ0n) is 20.1. The molecule has 0 atom stereocenters. The second kappa shape index (κ2) is 10.3. The normalized spacial score (nSPS) is 17.0. The predicted octanol–water partition coefficient (Wildman–Crippen LogP) is 5.21. The number of nitrogens with zero attached hydrogens (tertiary/aromatic N) is 1. The Hall–Kier alpha value is -3.97. The number of anilines is 1. The lowest BCUT2D eigenvalue weighted by Crippen LogP contribution is -2.36. The van der Waals surface area contributed by atoms with Crippen molar-refractivity contribution in [2.45, 2.75) is 25.8 Å². The van der Waals surface area contributed by atoms with Gasteiger partial charge in [-0.1, -0.05) is 30.7 Å². The Labute approximate surface area is 209 Å². The van der Waals surface area contributed by atoms with E-state index in [0.29, 0.717) is 33.6 Å². The minimum atomic E-state index is -0.489. The summed E-state index contributed by atoms with van der Waals surface area (Å²) in [6.07, 6.45) is 5.44. The molecule has 2 heterocycles. The lowest BCUT2D eigenvalue weighted by molar-refractivity contribution is -0.114. The first-order valence-electron chi connectivity index (χ1n) is 12.1. The molecule has 0 aromatic heterocycles. The third kappa shape index (κ3) is 5.02. The number of carbonyl (C=O) groups excluding carboxylic acids is 2. The molecule has 2 N–H and O–H groups in total. The Balaban J connectivity index is 1.43. The number of imide groups is 1. The molecule has 0 aliphatic carbocycles. The summed E-state index contributed by atoms with van der Waals surface area (Å²) in [5.74, 6) is -0.867. The van der Waals surface area contributed by atoms with E-state index in [1.54, 1.807) is 30.5 Å². The van der Waals surface area contributed by atoms with Gasteiger partial charge >= 0.3 is 0 Å². The number of benzene rings is 3. The molecule has 3 aromatic rings. The van der Waals surface area contributed by atoms with Crippen LogP contribution >= 0.6 is 0 Å². The molecule has 2 amide bonds. The average molecular weight is 486 g/mol. The number of fused-ring (bicyclic) bond motifs is 1. The fraction of sp³-hybridized carbons (Fsp3) is 0.241. The maximum Gasteiger partial charge on any atom is 0.260 e. The standard InChI is InChI=1S/C29H28FN3O3/c1-36-27-16-25-24(15-23(27)20-7-9-21(30)10-8-20)26(29(35)32-28(25)34)17-31-22-11-5-19(6-12-22)18-33-13-3-2-4-14-33/h5-12,15-17,31H,2-4,13-14,18H2,1H3,(H,32,34,35). The first kappa shape index (κ1) is 23.8. The van der Waals surface area contributed by atoms with Gasteiger partial charge in [0.15, 0.2) is 0 Å². The van der Waals surface area contributed by atoms with Crippen molar-refractivity contribution in [3.63, 3.8) is 0 Å². The fourth-order valence-corrected chi connectivity index (χ4v) is 4.76. The Kier molecular flexibility index (Phi) is 6.82. The molecule has 2 aliphatic rings. The highest BCUT2D eigenvalue weighted by Crippen LogP contribution is 2.37. The molecule has 0 radical (unpaired) electrons. The van der Waals surface area contributed by atoms with Crippen molar-refractivity contribution >= 4 is 23.1 Å². The van der Waals surface area contributed by atoms with E-state index in [-0.39, 0.29) is 5.82 Å². The maximum absolute atomic E-state index is 13.5. The van der Waals surface area contributed by atoms with E-state index in [9.17, 15) is 14.0 Å². The van der Waals surface area contributed by atoms with E-state index in [0.717, 1.165) is 25.3 Å². The quantitative estimate of drug-likeness (QED) is 0.371. The molecule has 2 aliphatic heterocycles. The van der Waals surface area contributed by atoms with Crippen molar-refractivity contribution in [1.29, 1.82) is 0 Å². The number of amides is 2. The van der Waals surface area contributed by atoms with E-state index in [2.05, 4.69) is 27.7 Å². The molecular weight excluding hydrogens is 457 g/mol. The van der Waals surface area contributed by atoms with E-state index < -0.39 is 11.8 Å². The Morgan fingerprint density at radius 2 is 1.64 bits per heavy atom. The van der Waals surface area contributed by atoms with Crippen molar-refractivity contribution in [2.24, 2.45) is 0 Å². The number of piperidine rings is 1. The summed E-state index contributed by atoms with van der Waals surface area (Å²) in [5, 5.41) is 5.60. The van der Waals surface area contributed by atoms with Crippen molar-refractivity contribution in [3.05, 3.63) is 89.4 Å². The highest BCUT2D eigenvalue weighted by Gasteiger charge is 2.29. The van der Waals surface area contributed by atoms with Crippen LogP contribution in [0.25, 0.3) is 16.7 Å². The summed E-state index contributed by atoms with van der Waals surface area (Å²) in [7, 11) is 1.51. The number of ether oxygens (including phenoxy) is 1. The van der Waals surface area contributed by atoms with Crippen LogP contribution in [0.15, 0.2) is 66.9 Å². The summed E-state index contributed by atoms with van der Waals surface area (Å²) in [4.78, 5) is 27.8. The van der Waals surface area contributed by atoms with Gasteiger partial charge in [-0.3, -0.25) is 19.8 Å². The second-order valence-corrected chi connectivity index (χ2v) is 9.12. The van der Waals surface area contributed by atoms with Crippen LogP contribution in [-0.4, -0.2) is 36.9 Å². The minimum absolute atomic E-state index is 0.327. The molecule has 36 heavy (non-hydrogen) atoms. The molecular formula is C29H28FN3O3. The van der Waals surface area contributed by atoms with E-state index in [1.165, 1.54) is 44.1 Å². The largest absolute Gasteiger partial charge is 0.496 e. The molecule has 0 bridgehead atoms. The summed E-state index contributed by atoms with van der Waals surface area (Å²) >= 11 is 0. The van der Waals surface area contributed by atoms with Crippen molar-refractivity contribution < 1.29 is 18.7 Å². The van der Waals surface area contributed by atoms with Crippen LogP contribution < -0.4 is 15.4 Å². The van der Waals surface area contributed by atoms with Crippen LogP contribution in [0, 0.1) is 5.82 Å². The number of halogens is 1. The fourth-order valence-electron chi connectivity index (χ4n) is 4.76. The molecule has 7 heteroatoms. The third-order valence-corrected chi connectivity index (χ3v) is 6.69. The minimum Gasteiger partial charge on any atom is -0.496 e. The van der Waals surface area contributed by atoms with Crippen LogP contribution in [0.5, 0.6) is 5.75 Å². The van der Waals surface area contributed by atoms with Crippen LogP contribution in [0.4, 0.5) is 10.1 Å². The first-order valence-corrected chi connectivity index (χ1v) is 12.1. The highest BCUT2D eigenvalue weighted by atomic mass is 19.1. The summed E-state index contributed by atoms with van der Waals surface area (Å²) in [6, 6.07) is 17.5. The maximum atomic E-state index is 13.5. The van der Waals surface area contributed by atoms with E-state index in [4.69, 9.17) is 4.74 Å². The lowest BCUT2D eigenvalue weighted by Gasteiger charge is -2.26.